The Hall–Kier alpha value is -0.900. The van der Waals surface area contributed by atoms with E-state index < -0.39 is 0 Å². The third kappa shape index (κ3) is 3.56. The summed E-state index contributed by atoms with van der Waals surface area (Å²) in [7, 11) is 0. The van der Waals surface area contributed by atoms with Crippen molar-refractivity contribution in [3.8, 4) is 0 Å². The Morgan fingerprint density at radius 1 is 1.32 bits per heavy atom. The summed E-state index contributed by atoms with van der Waals surface area (Å²) < 4.78 is 2.02. The molecule has 1 atom stereocenters. The summed E-state index contributed by atoms with van der Waals surface area (Å²) in [6, 6.07) is 0.197. The molecule has 1 aliphatic rings. The summed E-state index contributed by atoms with van der Waals surface area (Å²) in [5.41, 5.74) is 6.78. The SMILES string of the molecule is CC(C)Cn1ncnc1CC(N)C1(C)CCCCC1. The molecule has 2 N–H and O–H groups in total. The van der Waals surface area contributed by atoms with E-state index in [0.717, 1.165) is 18.8 Å². The van der Waals surface area contributed by atoms with Crippen LogP contribution in [0.1, 0.15) is 58.7 Å². The molecule has 0 saturated heterocycles. The number of rotatable bonds is 5. The van der Waals surface area contributed by atoms with Crippen molar-refractivity contribution in [1.29, 1.82) is 0 Å². The van der Waals surface area contributed by atoms with Gasteiger partial charge in [0, 0.05) is 19.0 Å². The molecule has 19 heavy (non-hydrogen) atoms. The maximum atomic E-state index is 6.49. The first-order valence-electron chi connectivity index (χ1n) is 7.63. The summed E-state index contributed by atoms with van der Waals surface area (Å²) in [5.74, 6) is 1.63. The lowest BCUT2D eigenvalue weighted by atomic mass is 9.70. The molecule has 108 valence electrons. The van der Waals surface area contributed by atoms with Crippen LogP contribution in [-0.2, 0) is 13.0 Å². The van der Waals surface area contributed by atoms with E-state index in [4.69, 9.17) is 5.73 Å². The number of nitrogens with zero attached hydrogens (tertiary/aromatic N) is 3. The molecule has 1 unspecified atom stereocenters. The zero-order valence-electron chi connectivity index (χ0n) is 12.6. The first kappa shape index (κ1) is 14.5. The Kier molecular flexibility index (Phi) is 4.61. The summed E-state index contributed by atoms with van der Waals surface area (Å²) in [6.07, 6.45) is 9.04. The first-order chi connectivity index (χ1) is 9.01. The molecule has 4 heteroatoms. The molecule has 4 nitrogen and oxygen atoms in total. The van der Waals surface area contributed by atoms with E-state index in [1.807, 2.05) is 4.68 Å². The maximum Gasteiger partial charge on any atom is 0.138 e. The van der Waals surface area contributed by atoms with E-state index in [1.54, 1.807) is 6.33 Å². The van der Waals surface area contributed by atoms with Gasteiger partial charge in [-0.15, -0.1) is 0 Å². The Balaban J connectivity index is 2.02. The predicted molar refractivity (Wildman–Crippen MR) is 77.7 cm³/mol. The van der Waals surface area contributed by atoms with Gasteiger partial charge in [0.1, 0.15) is 12.2 Å². The number of nitrogens with two attached hydrogens (primary N) is 1. The van der Waals surface area contributed by atoms with Crippen molar-refractivity contribution in [3.05, 3.63) is 12.2 Å². The van der Waals surface area contributed by atoms with Crippen molar-refractivity contribution < 1.29 is 0 Å². The minimum Gasteiger partial charge on any atom is -0.327 e. The van der Waals surface area contributed by atoms with Crippen LogP contribution in [0.25, 0.3) is 0 Å². The zero-order chi connectivity index (χ0) is 13.9. The van der Waals surface area contributed by atoms with Gasteiger partial charge in [0.05, 0.1) is 0 Å². The molecule has 0 aromatic carbocycles. The molecule has 2 rings (SSSR count). The third-order valence-corrected chi connectivity index (χ3v) is 4.53. The van der Waals surface area contributed by atoms with Crippen LogP contribution in [-0.4, -0.2) is 20.8 Å². The van der Waals surface area contributed by atoms with Gasteiger partial charge in [0.2, 0.25) is 0 Å². The highest BCUT2D eigenvalue weighted by molar-refractivity contribution is 4.96. The van der Waals surface area contributed by atoms with E-state index in [1.165, 1.54) is 32.1 Å². The molecular formula is C15H28N4. The monoisotopic (exact) mass is 264 g/mol. The van der Waals surface area contributed by atoms with Crippen molar-refractivity contribution in [1.82, 2.24) is 14.8 Å². The zero-order valence-corrected chi connectivity index (χ0v) is 12.6. The average Bonchev–Trinajstić information content (AvgIpc) is 2.76. The summed E-state index contributed by atoms with van der Waals surface area (Å²) >= 11 is 0. The van der Waals surface area contributed by atoms with E-state index in [2.05, 4.69) is 30.9 Å². The first-order valence-corrected chi connectivity index (χ1v) is 7.63. The van der Waals surface area contributed by atoms with Gasteiger partial charge in [-0.25, -0.2) is 9.67 Å². The average molecular weight is 264 g/mol. The summed E-state index contributed by atoms with van der Waals surface area (Å²) in [4.78, 5) is 4.41. The second-order valence-electron chi connectivity index (χ2n) is 6.78. The Labute approximate surface area is 116 Å². The molecule has 1 aromatic heterocycles. The van der Waals surface area contributed by atoms with Gasteiger partial charge in [-0.3, -0.25) is 0 Å². The quantitative estimate of drug-likeness (QED) is 0.889. The predicted octanol–water partition coefficient (Wildman–Crippen LogP) is 2.77. The lowest BCUT2D eigenvalue weighted by molar-refractivity contribution is 0.166. The Bertz CT molecular complexity index is 391. The van der Waals surface area contributed by atoms with Crippen LogP contribution in [0, 0.1) is 11.3 Å². The van der Waals surface area contributed by atoms with Crippen LogP contribution in [0.3, 0.4) is 0 Å². The second kappa shape index (κ2) is 6.04. The van der Waals surface area contributed by atoms with Gasteiger partial charge in [0.15, 0.2) is 0 Å². The fourth-order valence-electron chi connectivity index (χ4n) is 3.12. The molecule has 0 aliphatic heterocycles. The van der Waals surface area contributed by atoms with Crippen LogP contribution in [0.4, 0.5) is 0 Å². The molecule has 0 bridgehead atoms. The van der Waals surface area contributed by atoms with Crippen LogP contribution in [0.5, 0.6) is 0 Å². The minimum atomic E-state index is 0.197. The van der Waals surface area contributed by atoms with Gasteiger partial charge < -0.3 is 5.73 Å². The maximum absolute atomic E-state index is 6.49. The van der Waals surface area contributed by atoms with E-state index in [9.17, 15) is 0 Å². The highest BCUT2D eigenvalue weighted by atomic mass is 15.3. The van der Waals surface area contributed by atoms with Crippen LogP contribution >= 0.6 is 0 Å². The molecular weight excluding hydrogens is 236 g/mol. The van der Waals surface area contributed by atoms with Crippen LogP contribution < -0.4 is 5.73 Å². The molecule has 1 heterocycles. The fraction of sp³-hybridized carbons (Fsp3) is 0.867. The highest BCUT2D eigenvalue weighted by Gasteiger charge is 2.33. The van der Waals surface area contributed by atoms with Crippen LogP contribution in [0.2, 0.25) is 0 Å². The standard InChI is InChI=1S/C15H28N4/c1-12(2)10-19-14(17-11-18-19)9-13(16)15(3)7-5-4-6-8-15/h11-13H,4-10,16H2,1-3H3. The Morgan fingerprint density at radius 2 is 2.00 bits per heavy atom. The van der Waals surface area contributed by atoms with E-state index >= 15 is 0 Å². The van der Waals surface area contributed by atoms with E-state index in [-0.39, 0.29) is 11.5 Å². The van der Waals surface area contributed by atoms with Gasteiger partial charge in [0.25, 0.3) is 0 Å². The topological polar surface area (TPSA) is 56.7 Å². The van der Waals surface area contributed by atoms with Gasteiger partial charge in [-0.1, -0.05) is 40.0 Å². The van der Waals surface area contributed by atoms with E-state index in [0.29, 0.717) is 5.92 Å². The number of hydrogen-bond acceptors (Lipinski definition) is 3. The number of hydrogen-bond donors (Lipinski definition) is 1. The van der Waals surface area contributed by atoms with Gasteiger partial charge in [-0.2, -0.15) is 5.10 Å². The lowest BCUT2D eigenvalue weighted by Gasteiger charge is -2.38. The molecule has 1 aliphatic carbocycles. The second-order valence-corrected chi connectivity index (χ2v) is 6.78. The van der Waals surface area contributed by atoms with Crippen molar-refractivity contribution in [2.75, 3.05) is 0 Å². The van der Waals surface area contributed by atoms with Gasteiger partial charge >= 0.3 is 0 Å². The highest BCUT2D eigenvalue weighted by Crippen LogP contribution is 2.38. The molecule has 1 saturated carbocycles. The molecule has 0 spiro atoms. The Morgan fingerprint density at radius 3 is 2.63 bits per heavy atom. The van der Waals surface area contributed by atoms with Crippen molar-refractivity contribution in [2.24, 2.45) is 17.1 Å². The lowest BCUT2D eigenvalue weighted by Crippen LogP contribution is -2.43. The van der Waals surface area contributed by atoms with Crippen molar-refractivity contribution in [2.45, 2.75) is 71.9 Å². The van der Waals surface area contributed by atoms with Crippen molar-refractivity contribution >= 4 is 0 Å². The molecule has 1 aromatic rings. The summed E-state index contributed by atoms with van der Waals surface area (Å²) in [5, 5.41) is 4.33. The molecule has 0 amide bonds. The van der Waals surface area contributed by atoms with Crippen molar-refractivity contribution in [3.63, 3.8) is 0 Å². The van der Waals surface area contributed by atoms with Crippen LogP contribution in [0.15, 0.2) is 6.33 Å². The molecule has 1 fully saturated rings. The normalized spacial score (nSPS) is 20.7. The minimum absolute atomic E-state index is 0.197. The number of aromatic nitrogens is 3. The largest absolute Gasteiger partial charge is 0.327 e. The molecule has 0 radical (unpaired) electrons. The van der Waals surface area contributed by atoms with Gasteiger partial charge in [-0.05, 0) is 24.2 Å². The third-order valence-electron chi connectivity index (χ3n) is 4.53. The fourth-order valence-corrected chi connectivity index (χ4v) is 3.12. The summed E-state index contributed by atoms with van der Waals surface area (Å²) in [6.45, 7) is 7.68. The smallest absolute Gasteiger partial charge is 0.138 e.